The van der Waals surface area contributed by atoms with E-state index < -0.39 is 0 Å². The normalized spacial score (nSPS) is 11.2. The molecule has 1 aromatic carbocycles. The van der Waals surface area contributed by atoms with Crippen LogP contribution in [0.25, 0.3) is 22.6 Å². The van der Waals surface area contributed by atoms with Crippen LogP contribution in [0.1, 0.15) is 11.6 Å². The summed E-state index contributed by atoms with van der Waals surface area (Å²) in [6.07, 6.45) is 0. The number of rotatable bonds is 1. The van der Waals surface area contributed by atoms with Gasteiger partial charge in [0.25, 0.3) is 0 Å². The summed E-state index contributed by atoms with van der Waals surface area (Å²) >= 11 is 3.48. The highest BCUT2D eigenvalue weighted by molar-refractivity contribution is 9.10. The van der Waals surface area contributed by atoms with Gasteiger partial charge in [-0.05, 0) is 35.0 Å². The zero-order valence-electron chi connectivity index (χ0n) is 9.41. The molecule has 0 saturated heterocycles. The number of aromatic nitrogens is 3. The molecule has 0 amide bonds. The summed E-state index contributed by atoms with van der Waals surface area (Å²) < 4.78 is 6.51. The second-order valence-electron chi connectivity index (χ2n) is 3.87. The summed E-state index contributed by atoms with van der Waals surface area (Å²) in [6.45, 7) is 3.74. The SMILES string of the molecule is Cc1nc(C)c(-c2nc3c(Br)cccc3[nH]2)o1. The number of hydrogen-bond donors (Lipinski definition) is 1. The standard InChI is InChI=1S/C12H10BrN3O/c1-6-11(17-7(2)14-6)12-15-9-5-3-4-8(13)10(9)16-12/h3-5H,1-2H3,(H,15,16). The van der Waals surface area contributed by atoms with Crippen molar-refractivity contribution in [2.24, 2.45) is 0 Å². The van der Waals surface area contributed by atoms with Crippen molar-refractivity contribution in [1.29, 1.82) is 0 Å². The van der Waals surface area contributed by atoms with Crippen molar-refractivity contribution in [1.82, 2.24) is 15.0 Å². The zero-order valence-corrected chi connectivity index (χ0v) is 11.0. The molecule has 0 bridgehead atoms. The van der Waals surface area contributed by atoms with Gasteiger partial charge in [-0.1, -0.05) is 6.07 Å². The summed E-state index contributed by atoms with van der Waals surface area (Å²) in [5.41, 5.74) is 2.72. The Morgan fingerprint density at radius 3 is 2.71 bits per heavy atom. The summed E-state index contributed by atoms with van der Waals surface area (Å²) in [7, 11) is 0. The minimum atomic E-state index is 0.650. The van der Waals surface area contributed by atoms with Crippen LogP contribution in [-0.4, -0.2) is 15.0 Å². The highest BCUT2D eigenvalue weighted by Gasteiger charge is 2.14. The first kappa shape index (κ1) is 10.5. The minimum Gasteiger partial charge on any atom is -0.437 e. The molecule has 1 N–H and O–H groups in total. The summed E-state index contributed by atoms with van der Waals surface area (Å²) in [5.74, 6) is 2.06. The molecular formula is C12H10BrN3O. The number of aryl methyl sites for hydroxylation is 2. The second-order valence-corrected chi connectivity index (χ2v) is 4.72. The fourth-order valence-electron chi connectivity index (χ4n) is 1.86. The third kappa shape index (κ3) is 1.67. The van der Waals surface area contributed by atoms with Crippen molar-refractivity contribution in [2.75, 3.05) is 0 Å². The van der Waals surface area contributed by atoms with Crippen LogP contribution in [0, 0.1) is 13.8 Å². The Balaban J connectivity index is 2.25. The molecule has 3 rings (SSSR count). The topological polar surface area (TPSA) is 54.7 Å². The highest BCUT2D eigenvalue weighted by atomic mass is 79.9. The van der Waals surface area contributed by atoms with Crippen LogP contribution in [0.15, 0.2) is 27.1 Å². The Labute approximate surface area is 106 Å². The quantitative estimate of drug-likeness (QED) is 0.745. The van der Waals surface area contributed by atoms with Crippen molar-refractivity contribution >= 4 is 27.0 Å². The van der Waals surface area contributed by atoms with Crippen molar-refractivity contribution in [2.45, 2.75) is 13.8 Å². The van der Waals surface area contributed by atoms with E-state index in [1.54, 1.807) is 0 Å². The number of nitrogens with zero attached hydrogens (tertiary/aromatic N) is 2. The number of hydrogen-bond acceptors (Lipinski definition) is 3. The maximum Gasteiger partial charge on any atom is 0.192 e. The molecule has 2 heterocycles. The fourth-order valence-corrected chi connectivity index (χ4v) is 2.31. The van der Waals surface area contributed by atoms with Crippen LogP contribution in [0.5, 0.6) is 0 Å². The molecule has 5 heteroatoms. The molecule has 0 spiro atoms. The Kier molecular flexibility index (Phi) is 2.29. The lowest BCUT2D eigenvalue weighted by atomic mass is 10.3. The van der Waals surface area contributed by atoms with Crippen LogP contribution in [0.4, 0.5) is 0 Å². The van der Waals surface area contributed by atoms with E-state index >= 15 is 0 Å². The Hall–Kier alpha value is -1.62. The van der Waals surface area contributed by atoms with E-state index in [2.05, 4.69) is 30.9 Å². The molecule has 0 aliphatic carbocycles. The van der Waals surface area contributed by atoms with Crippen molar-refractivity contribution in [3.8, 4) is 11.6 Å². The van der Waals surface area contributed by atoms with Gasteiger partial charge in [-0.2, -0.15) is 0 Å². The number of para-hydroxylation sites is 1. The van der Waals surface area contributed by atoms with Gasteiger partial charge in [0.1, 0.15) is 5.52 Å². The number of nitrogens with one attached hydrogen (secondary N) is 1. The van der Waals surface area contributed by atoms with Gasteiger partial charge in [0.15, 0.2) is 17.5 Å². The van der Waals surface area contributed by atoms with E-state index in [1.807, 2.05) is 32.0 Å². The third-order valence-corrected chi connectivity index (χ3v) is 3.22. The number of benzene rings is 1. The van der Waals surface area contributed by atoms with Crippen molar-refractivity contribution < 1.29 is 4.42 Å². The van der Waals surface area contributed by atoms with Gasteiger partial charge in [0.2, 0.25) is 0 Å². The molecule has 0 atom stereocenters. The molecular weight excluding hydrogens is 282 g/mol. The molecule has 0 aliphatic rings. The molecule has 0 unspecified atom stereocenters. The Morgan fingerprint density at radius 1 is 1.24 bits per heavy atom. The highest BCUT2D eigenvalue weighted by Crippen LogP contribution is 2.27. The predicted molar refractivity (Wildman–Crippen MR) is 68.8 cm³/mol. The molecule has 86 valence electrons. The molecule has 3 aromatic rings. The lowest BCUT2D eigenvalue weighted by Gasteiger charge is -1.89. The monoisotopic (exact) mass is 291 g/mol. The van der Waals surface area contributed by atoms with E-state index in [0.717, 1.165) is 21.2 Å². The third-order valence-electron chi connectivity index (χ3n) is 2.58. The summed E-state index contributed by atoms with van der Waals surface area (Å²) in [5, 5.41) is 0. The van der Waals surface area contributed by atoms with Gasteiger partial charge in [0, 0.05) is 11.4 Å². The van der Waals surface area contributed by atoms with E-state index in [9.17, 15) is 0 Å². The average Bonchev–Trinajstić information content (AvgIpc) is 2.82. The first-order chi connectivity index (χ1) is 8.15. The van der Waals surface area contributed by atoms with E-state index in [4.69, 9.17) is 4.42 Å². The number of fused-ring (bicyclic) bond motifs is 1. The minimum absolute atomic E-state index is 0.650. The lowest BCUT2D eigenvalue weighted by molar-refractivity contribution is 0.531. The number of halogens is 1. The van der Waals surface area contributed by atoms with Crippen LogP contribution >= 0.6 is 15.9 Å². The maximum atomic E-state index is 5.55. The van der Waals surface area contributed by atoms with Gasteiger partial charge in [-0.15, -0.1) is 0 Å². The molecule has 0 fully saturated rings. The predicted octanol–water partition coefficient (Wildman–Crippen LogP) is 3.60. The second kappa shape index (κ2) is 3.70. The molecule has 17 heavy (non-hydrogen) atoms. The van der Waals surface area contributed by atoms with Gasteiger partial charge in [-0.3, -0.25) is 0 Å². The first-order valence-corrected chi connectivity index (χ1v) is 6.03. The van der Waals surface area contributed by atoms with E-state index in [0.29, 0.717) is 17.5 Å². The van der Waals surface area contributed by atoms with Crippen LogP contribution in [0.2, 0.25) is 0 Å². The van der Waals surface area contributed by atoms with E-state index in [1.165, 1.54) is 0 Å². The van der Waals surface area contributed by atoms with E-state index in [-0.39, 0.29) is 0 Å². The average molecular weight is 292 g/mol. The van der Waals surface area contributed by atoms with Crippen LogP contribution in [-0.2, 0) is 0 Å². The van der Waals surface area contributed by atoms with Crippen molar-refractivity contribution in [3.63, 3.8) is 0 Å². The fraction of sp³-hybridized carbons (Fsp3) is 0.167. The summed E-state index contributed by atoms with van der Waals surface area (Å²) in [6, 6.07) is 5.91. The lowest BCUT2D eigenvalue weighted by Crippen LogP contribution is -1.80. The molecule has 0 aliphatic heterocycles. The van der Waals surface area contributed by atoms with Crippen LogP contribution in [0.3, 0.4) is 0 Å². The number of imidazole rings is 1. The van der Waals surface area contributed by atoms with Gasteiger partial charge in [0.05, 0.1) is 11.2 Å². The molecule has 2 aromatic heterocycles. The Morgan fingerprint density at radius 2 is 2.06 bits per heavy atom. The largest absolute Gasteiger partial charge is 0.437 e. The number of aromatic amines is 1. The van der Waals surface area contributed by atoms with Crippen LogP contribution < -0.4 is 0 Å². The smallest absolute Gasteiger partial charge is 0.192 e. The molecule has 0 radical (unpaired) electrons. The first-order valence-electron chi connectivity index (χ1n) is 5.24. The number of oxazole rings is 1. The molecule has 0 saturated carbocycles. The maximum absolute atomic E-state index is 5.55. The molecule has 4 nitrogen and oxygen atoms in total. The summed E-state index contributed by atoms with van der Waals surface area (Å²) in [4.78, 5) is 12.0. The van der Waals surface area contributed by atoms with Gasteiger partial charge < -0.3 is 9.40 Å². The number of H-pyrrole nitrogens is 1. The Bertz CT molecular complexity index is 699. The zero-order chi connectivity index (χ0) is 12.0. The van der Waals surface area contributed by atoms with Gasteiger partial charge in [-0.25, -0.2) is 9.97 Å². The van der Waals surface area contributed by atoms with Crippen molar-refractivity contribution in [3.05, 3.63) is 34.3 Å². The van der Waals surface area contributed by atoms with Gasteiger partial charge >= 0.3 is 0 Å².